The number of nitrogens with two attached hydrogens (primary N) is 1. The average molecular weight is 226 g/mol. The summed E-state index contributed by atoms with van der Waals surface area (Å²) in [5.74, 6) is 1.32. The van der Waals surface area contributed by atoms with E-state index < -0.39 is 0 Å². The fourth-order valence-corrected chi connectivity index (χ4v) is 1.89. The molecule has 15 heavy (non-hydrogen) atoms. The SMILES string of the molecule is CC(C)Cc1ccc(C(N)CCCl)cc1. The average Bonchev–Trinajstić information content (AvgIpc) is 2.18. The first-order chi connectivity index (χ1) is 7.13. The van der Waals surface area contributed by atoms with Gasteiger partial charge in [0, 0.05) is 11.9 Å². The van der Waals surface area contributed by atoms with Crippen LogP contribution in [0.1, 0.15) is 37.4 Å². The van der Waals surface area contributed by atoms with E-state index in [9.17, 15) is 0 Å². The standard InChI is InChI=1S/C13H20ClN/c1-10(2)9-11-3-5-12(6-4-11)13(15)7-8-14/h3-6,10,13H,7-9,15H2,1-2H3. The molecule has 0 aliphatic rings. The molecule has 2 heteroatoms. The van der Waals surface area contributed by atoms with Gasteiger partial charge in [-0.25, -0.2) is 0 Å². The first-order valence-corrected chi connectivity index (χ1v) is 6.07. The first-order valence-electron chi connectivity index (χ1n) is 5.54. The van der Waals surface area contributed by atoms with Crippen molar-refractivity contribution in [1.82, 2.24) is 0 Å². The maximum atomic E-state index is 5.97. The van der Waals surface area contributed by atoms with Gasteiger partial charge in [-0.05, 0) is 29.9 Å². The molecule has 0 saturated carbocycles. The van der Waals surface area contributed by atoms with E-state index in [4.69, 9.17) is 17.3 Å². The van der Waals surface area contributed by atoms with Crippen molar-refractivity contribution in [3.63, 3.8) is 0 Å². The van der Waals surface area contributed by atoms with Gasteiger partial charge in [-0.1, -0.05) is 38.1 Å². The molecule has 0 aromatic heterocycles. The summed E-state index contributed by atoms with van der Waals surface area (Å²) in [6.07, 6.45) is 1.97. The van der Waals surface area contributed by atoms with E-state index in [1.165, 1.54) is 11.1 Å². The Bertz CT molecular complexity index is 279. The lowest BCUT2D eigenvalue weighted by atomic mass is 9.99. The number of halogens is 1. The summed E-state index contributed by atoms with van der Waals surface area (Å²) < 4.78 is 0. The minimum atomic E-state index is 0.0793. The lowest BCUT2D eigenvalue weighted by Crippen LogP contribution is -2.10. The molecule has 84 valence electrons. The van der Waals surface area contributed by atoms with E-state index in [1.54, 1.807) is 0 Å². The normalized spacial score (nSPS) is 13.1. The summed E-state index contributed by atoms with van der Waals surface area (Å²) in [7, 11) is 0. The fraction of sp³-hybridized carbons (Fsp3) is 0.538. The summed E-state index contributed by atoms with van der Waals surface area (Å²) >= 11 is 5.67. The van der Waals surface area contributed by atoms with Crippen molar-refractivity contribution in [2.45, 2.75) is 32.7 Å². The molecule has 0 aliphatic heterocycles. The van der Waals surface area contributed by atoms with E-state index >= 15 is 0 Å². The number of hydrogen-bond acceptors (Lipinski definition) is 1. The van der Waals surface area contributed by atoms with Crippen LogP contribution in [0.2, 0.25) is 0 Å². The highest BCUT2D eigenvalue weighted by atomic mass is 35.5. The van der Waals surface area contributed by atoms with Crippen molar-refractivity contribution in [2.24, 2.45) is 11.7 Å². The molecule has 1 rings (SSSR count). The molecule has 1 nitrogen and oxygen atoms in total. The molecular weight excluding hydrogens is 206 g/mol. The molecule has 0 heterocycles. The third kappa shape index (κ3) is 4.23. The second-order valence-corrected chi connectivity index (χ2v) is 4.80. The summed E-state index contributed by atoms with van der Waals surface area (Å²) in [4.78, 5) is 0. The Hall–Kier alpha value is -0.530. The van der Waals surface area contributed by atoms with Gasteiger partial charge in [0.15, 0.2) is 0 Å². The predicted molar refractivity (Wildman–Crippen MR) is 67.2 cm³/mol. The van der Waals surface area contributed by atoms with Gasteiger partial charge in [0.2, 0.25) is 0 Å². The summed E-state index contributed by atoms with van der Waals surface area (Å²) in [6, 6.07) is 8.66. The Morgan fingerprint density at radius 2 is 1.80 bits per heavy atom. The zero-order valence-electron chi connectivity index (χ0n) is 9.54. The monoisotopic (exact) mass is 225 g/mol. The van der Waals surface area contributed by atoms with E-state index in [1.807, 2.05) is 0 Å². The van der Waals surface area contributed by atoms with Crippen LogP contribution in [0.4, 0.5) is 0 Å². The molecule has 1 atom stereocenters. The summed E-state index contributed by atoms with van der Waals surface area (Å²) in [5.41, 5.74) is 8.54. The highest BCUT2D eigenvalue weighted by Gasteiger charge is 2.05. The van der Waals surface area contributed by atoms with Crippen LogP contribution >= 0.6 is 11.6 Å². The van der Waals surface area contributed by atoms with Gasteiger partial charge in [0.1, 0.15) is 0 Å². The van der Waals surface area contributed by atoms with Gasteiger partial charge in [-0.2, -0.15) is 0 Å². The molecule has 2 N–H and O–H groups in total. The van der Waals surface area contributed by atoms with Gasteiger partial charge >= 0.3 is 0 Å². The lowest BCUT2D eigenvalue weighted by Gasteiger charge is -2.11. The number of alkyl halides is 1. The van der Waals surface area contributed by atoms with Crippen molar-refractivity contribution in [3.05, 3.63) is 35.4 Å². The van der Waals surface area contributed by atoms with Crippen LogP contribution < -0.4 is 5.73 Å². The fourth-order valence-electron chi connectivity index (χ4n) is 1.66. The maximum absolute atomic E-state index is 5.97. The van der Waals surface area contributed by atoms with Gasteiger partial charge in [-0.15, -0.1) is 11.6 Å². The molecule has 1 unspecified atom stereocenters. The molecular formula is C13H20ClN. The third-order valence-electron chi connectivity index (χ3n) is 2.47. The zero-order valence-corrected chi connectivity index (χ0v) is 10.3. The Kier molecular flexibility index (Phi) is 5.13. The molecule has 0 saturated heterocycles. The van der Waals surface area contributed by atoms with Crippen LogP contribution in [0.3, 0.4) is 0 Å². The number of benzene rings is 1. The molecule has 0 fully saturated rings. The molecule has 1 aromatic rings. The van der Waals surface area contributed by atoms with Crippen molar-refractivity contribution in [3.8, 4) is 0 Å². The second kappa shape index (κ2) is 6.14. The Balaban J connectivity index is 2.63. The van der Waals surface area contributed by atoms with Gasteiger partial charge in [0.25, 0.3) is 0 Å². The van der Waals surface area contributed by atoms with E-state index in [0.717, 1.165) is 12.8 Å². The zero-order chi connectivity index (χ0) is 11.3. The largest absolute Gasteiger partial charge is 0.324 e. The smallest absolute Gasteiger partial charge is 0.0306 e. The molecule has 0 radical (unpaired) electrons. The minimum absolute atomic E-state index is 0.0793. The van der Waals surface area contributed by atoms with Crippen LogP contribution in [0, 0.1) is 5.92 Å². The topological polar surface area (TPSA) is 26.0 Å². The van der Waals surface area contributed by atoms with Gasteiger partial charge in [0.05, 0.1) is 0 Å². The highest BCUT2D eigenvalue weighted by molar-refractivity contribution is 6.17. The molecule has 1 aromatic carbocycles. The number of hydrogen-bond donors (Lipinski definition) is 1. The molecule has 0 aliphatic carbocycles. The maximum Gasteiger partial charge on any atom is 0.0306 e. The Morgan fingerprint density at radius 3 is 2.27 bits per heavy atom. The van der Waals surface area contributed by atoms with Crippen LogP contribution in [-0.2, 0) is 6.42 Å². The molecule has 0 bridgehead atoms. The highest BCUT2D eigenvalue weighted by Crippen LogP contribution is 2.16. The van der Waals surface area contributed by atoms with Crippen molar-refractivity contribution in [1.29, 1.82) is 0 Å². The van der Waals surface area contributed by atoms with Gasteiger partial charge < -0.3 is 5.73 Å². The molecule has 0 spiro atoms. The summed E-state index contributed by atoms with van der Waals surface area (Å²) in [6.45, 7) is 4.46. The molecule has 0 amide bonds. The van der Waals surface area contributed by atoms with Crippen molar-refractivity contribution >= 4 is 11.6 Å². The van der Waals surface area contributed by atoms with Crippen LogP contribution in [-0.4, -0.2) is 5.88 Å². The van der Waals surface area contributed by atoms with Crippen LogP contribution in [0.5, 0.6) is 0 Å². The van der Waals surface area contributed by atoms with Crippen LogP contribution in [0.25, 0.3) is 0 Å². The van der Waals surface area contributed by atoms with Crippen molar-refractivity contribution in [2.75, 3.05) is 5.88 Å². The van der Waals surface area contributed by atoms with Gasteiger partial charge in [-0.3, -0.25) is 0 Å². The Labute approximate surface area is 97.6 Å². The predicted octanol–water partition coefficient (Wildman–Crippen LogP) is 3.51. The Morgan fingerprint density at radius 1 is 1.20 bits per heavy atom. The van der Waals surface area contributed by atoms with E-state index in [2.05, 4.69) is 38.1 Å². The summed E-state index contributed by atoms with van der Waals surface area (Å²) in [5, 5.41) is 0. The lowest BCUT2D eigenvalue weighted by molar-refractivity contribution is 0.646. The number of rotatable bonds is 5. The van der Waals surface area contributed by atoms with Crippen molar-refractivity contribution < 1.29 is 0 Å². The van der Waals surface area contributed by atoms with Crippen LogP contribution in [0.15, 0.2) is 24.3 Å². The second-order valence-electron chi connectivity index (χ2n) is 4.42. The first kappa shape index (κ1) is 12.5. The minimum Gasteiger partial charge on any atom is -0.324 e. The van der Waals surface area contributed by atoms with E-state index in [0.29, 0.717) is 11.8 Å². The third-order valence-corrected chi connectivity index (χ3v) is 2.69. The quantitative estimate of drug-likeness (QED) is 0.763. The van der Waals surface area contributed by atoms with E-state index in [-0.39, 0.29) is 6.04 Å².